The van der Waals surface area contributed by atoms with Crippen LogP contribution in [-0.4, -0.2) is 34.8 Å². The lowest BCUT2D eigenvalue weighted by atomic mass is 10.2. The molecule has 0 N–H and O–H groups in total. The van der Waals surface area contributed by atoms with Crippen LogP contribution >= 0.6 is 12.6 Å². The molecule has 1 aliphatic heterocycles. The van der Waals surface area contributed by atoms with E-state index in [1.807, 2.05) is 4.90 Å². The number of ether oxygens (including phenoxy) is 1. The predicted octanol–water partition coefficient (Wildman–Crippen LogP) is 3.03. The molecular formula is C14H17N3O4S. The normalized spacial score (nSPS) is 15.0. The number of nitro benzene ring substituents is 1. The summed E-state index contributed by atoms with van der Waals surface area (Å²) in [7, 11) is 0. The maximum atomic E-state index is 11.7. The lowest BCUT2D eigenvalue weighted by molar-refractivity contribution is -0.387. The molecule has 1 aromatic carbocycles. The summed E-state index contributed by atoms with van der Waals surface area (Å²) in [6, 6.07) is 4.37. The molecule has 7 nitrogen and oxygen atoms in total. The molecule has 1 fully saturated rings. The molecule has 22 heavy (non-hydrogen) atoms. The third-order valence-corrected chi connectivity index (χ3v) is 3.77. The molecule has 0 radical (unpaired) electrons. The van der Waals surface area contributed by atoms with Gasteiger partial charge in [-0.15, -0.1) is 12.6 Å². The summed E-state index contributed by atoms with van der Waals surface area (Å²) >= 11 is 4.05. The molecule has 1 heterocycles. The van der Waals surface area contributed by atoms with E-state index in [1.165, 1.54) is 18.2 Å². The molecule has 0 saturated carbocycles. The molecule has 0 aromatic heterocycles. The van der Waals surface area contributed by atoms with Crippen LogP contribution in [-0.2, 0) is 11.3 Å². The molecule has 2 rings (SSSR count). The number of aliphatic imine (C=N–C) groups is 1. The van der Waals surface area contributed by atoms with E-state index in [1.54, 1.807) is 6.92 Å². The van der Waals surface area contributed by atoms with Crippen LogP contribution in [0.15, 0.2) is 28.1 Å². The van der Waals surface area contributed by atoms with Gasteiger partial charge in [0.2, 0.25) is 0 Å². The Labute approximate surface area is 133 Å². The highest BCUT2D eigenvalue weighted by molar-refractivity contribution is 7.80. The van der Waals surface area contributed by atoms with E-state index in [0.29, 0.717) is 11.4 Å². The van der Waals surface area contributed by atoms with E-state index in [-0.39, 0.29) is 17.2 Å². The quantitative estimate of drug-likeness (QED) is 0.304. The van der Waals surface area contributed by atoms with Crippen molar-refractivity contribution in [2.45, 2.75) is 31.3 Å². The van der Waals surface area contributed by atoms with Gasteiger partial charge in [-0.2, -0.15) is 4.99 Å². The van der Waals surface area contributed by atoms with E-state index < -0.39 is 11.0 Å². The summed E-state index contributed by atoms with van der Waals surface area (Å²) in [4.78, 5) is 28.0. The average molecular weight is 323 g/mol. The number of rotatable bonds is 3. The van der Waals surface area contributed by atoms with Crippen molar-refractivity contribution in [2.24, 2.45) is 4.99 Å². The Kier molecular flexibility index (Phi) is 5.37. The standard InChI is InChI=1S/C14H17N3O4S/c1-10(16-6-2-3-7-16)15-14(18)21-9-11-4-5-12(17(19)20)13(22)8-11/h4-5,8,22H,2-3,6-7,9H2,1H3. The van der Waals surface area contributed by atoms with Crippen LogP contribution in [0.1, 0.15) is 25.3 Å². The monoisotopic (exact) mass is 323 g/mol. The molecule has 1 aliphatic rings. The first-order valence-electron chi connectivity index (χ1n) is 6.90. The molecule has 0 bridgehead atoms. The maximum Gasteiger partial charge on any atom is 0.435 e. The first kappa shape index (κ1) is 16.3. The van der Waals surface area contributed by atoms with E-state index in [2.05, 4.69) is 17.6 Å². The van der Waals surface area contributed by atoms with Gasteiger partial charge < -0.3 is 9.64 Å². The Morgan fingerprint density at radius 2 is 2.14 bits per heavy atom. The zero-order valence-electron chi connectivity index (χ0n) is 12.2. The van der Waals surface area contributed by atoms with Crippen LogP contribution in [0.4, 0.5) is 10.5 Å². The van der Waals surface area contributed by atoms with Gasteiger partial charge in [-0.1, -0.05) is 0 Å². The van der Waals surface area contributed by atoms with Gasteiger partial charge in [0.05, 0.1) is 9.82 Å². The molecule has 1 saturated heterocycles. The van der Waals surface area contributed by atoms with Crippen molar-refractivity contribution in [3.63, 3.8) is 0 Å². The SMILES string of the molecule is CC(=NC(=O)OCc1ccc([N+](=O)[O-])c(S)c1)N1CCCC1. The zero-order chi connectivity index (χ0) is 16.1. The Morgan fingerprint density at radius 1 is 1.45 bits per heavy atom. The van der Waals surface area contributed by atoms with Crippen LogP contribution in [0.2, 0.25) is 0 Å². The summed E-state index contributed by atoms with van der Waals surface area (Å²) in [5.74, 6) is 0.654. The Morgan fingerprint density at radius 3 is 2.73 bits per heavy atom. The third-order valence-electron chi connectivity index (χ3n) is 3.42. The fourth-order valence-electron chi connectivity index (χ4n) is 2.23. The number of benzene rings is 1. The number of hydrogen-bond donors (Lipinski definition) is 1. The van der Waals surface area contributed by atoms with Crippen molar-refractivity contribution in [2.75, 3.05) is 13.1 Å². The first-order valence-corrected chi connectivity index (χ1v) is 7.35. The van der Waals surface area contributed by atoms with Gasteiger partial charge in [0, 0.05) is 19.2 Å². The lowest BCUT2D eigenvalue weighted by Gasteiger charge is -2.15. The first-order chi connectivity index (χ1) is 10.5. The van der Waals surface area contributed by atoms with Gasteiger partial charge in [-0.05, 0) is 37.5 Å². The molecule has 8 heteroatoms. The van der Waals surface area contributed by atoms with Crippen molar-refractivity contribution in [1.29, 1.82) is 0 Å². The molecule has 0 spiro atoms. The second kappa shape index (κ2) is 7.26. The molecule has 1 amide bonds. The summed E-state index contributed by atoms with van der Waals surface area (Å²) in [5, 5.41) is 10.7. The minimum atomic E-state index is -0.663. The van der Waals surface area contributed by atoms with Crippen LogP contribution in [0.5, 0.6) is 0 Å². The summed E-state index contributed by atoms with van der Waals surface area (Å²) in [6.45, 7) is 3.60. The molecule has 118 valence electrons. The number of nitrogens with zero attached hydrogens (tertiary/aromatic N) is 3. The third kappa shape index (κ3) is 4.20. The van der Waals surface area contributed by atoms with Crippen LogP contribution in [0.25, 0.3) is 0 Å². The fourth-order valence-corrected chi connectivity index (χ4v) is 2.56. The van der Waals surface area contributed by atoms with Gasteiger partial charge in [-0.3, -0.25) is 10.1 Å². The van der Waals surface area contributed by atoms with Crippen LogP contribution in [0, 0.1) is 10.1 Å². The highest BCUT2D eigenvalue weighted by Gasteiger charge is 2.15. The molecule has 1 aromatic rings. The number of thiol groups is 1. The number of amidine groups is 1. The summed E-state index contributed by atoms with van der Waals surface area (Å²) in [6.07, 6.45) is 1.55. The zero-order valence-corrected chi connectivity index (χ0v) is 13.1. The highest BCUT2D eigenvalue weighted by Crippen LogP contribution is 2.23. The van der Waals surface area contributed by atoms with Crippen LogP contribution in [0.3, 0.4) is 0 Å². The van der Waals surface area contributed by atoms with E-state index in [4.69, 9.17) is 4.74 Å². The summed E-state index contributed by atoms with van der Waals surface area (Å²) in [5.41, 5.74) is 0.541. The van der Waals surface area contributed by atoms with E-state index in [0.717, 1.165) is 25.9 Å². The predicted molar refractivity (Wildman–Crippen MR) is 84.4 cm³/mol. The lowest BCUT2D eigenvalue weighted by Crippen LogP contribution is -2.26. The molecule has 0 unspecified atom stereocenters. The highest BCUT2D eigenvalue weighted by atomic mass is 32.1. The van der Waals surface area contributed by atoms with Gasteiger partial charge >= 0.3 is 6.09 Å². The van der Waals surface area contributed by atoms with Gasteiger partial charge in [0.1, 0.15) is 12.4 Å². The number of carbonyl (C=O) groups excluding carboxylic acids is 1. The second-order valence-corrected chi connectivity index (χ2v) is 5.47. The van der Waals surface area contributed by atoms with Gasteiger partial charge in [-0.25, -0.2) is 4.79 Å². The van der Waals surface area contributed by atoms with E-state index in [9.17, 15) is 14.9 Å². The van der Waals surface area contributed by atoms with Crippen LogP contribution < -0.4 is 0 Å². The minimum absolute atomic E-state index is 0.00116. The van der Waals surface area contributed by atoms with Crippen molar-refractivity contribution >= 4 is 30.2 Å². The van der Waals surface area contributed by atoms with Crippen molar-refractivity contribution < 1.29 is 14.5 Å². The number of carbonyl (C=O) groups is 1. The van der Waals surface area contributed by atoms with Gasteiger partial charge in [0.25, 0.3) is 5.69 Å². The maximum absolute atomic E-state index is 11.7. The van der Waals surface area contributed by atoms with Gasteiger partial charge in [0.15, 0.2) is 0 Å². The van der Waals surface area contributed by atoms with Crippen molar-refractivity contribution in [1.82, 2.24) is 4.90 Å². The summed E-state index contributed by atoms with van der Waals surface area (Å²) < 4.78 is 5.06. The molecule has 0 aliphatic carbocycles. The number of nitro groups is 1. The number of amides is 1. The van der Waals surface area contributed by atoms with E-state index >= 15 is 0 Å². The Hall–Kier alpha value is -2.09. The minimum Gasteiger partial charge on any atom is -0.443 e. The smallest absolute Gasteiger partial charge is 0.435 e. The Bertz CT molecular complexity index is 612. The largest absolute Gasteiger partial charge is 0.443 e. The van der Waals surface area contributed by atoms with Crippen molar-refractivity contribution in [3.8, 4) is 0 Å². The molecule has 0 atom stereocenters. The van der Waals surface area contributed by atoms with Crippen molar-refractivity contribution in [3.05, 3.63) is 33.9 Å². The number of likely N-dealkylation sites (tertiary alicyclic amines) is 1. The fraction of sp³-hybridized carbons (Fsp3) is 0.429. The topological polar surface area (TPSA) is 85.0 Å². The number of hydrogen-bond acceptors (Lipinski definition) is 5. The average Bonchev–Trinajstić information content (AvgIpc) is 2.99. The second-order valence-electron chi connectivity index (χ2n) is 4.99. The molecular weight excluding hydrogens is 306 g/mol. The Balaban J connectivity index is 1.92.